The first kappa shape index (κ1) is 21.4. The Morgan fingerprint density at radius 1 is 1.20 bits per heavy atom. The quantitative estimate of drug-likeness (QED) is 0.444. The van der Waals surface area contributed by atoms with Gasteiger partial charge in [0.1, 0.15) is 6.17 Å². The van der Waals surface area contributed by atoms with Crippen LogP contribution in [0.3, 0.4) is 0 Å². The van der Waals surface area contributed by atoms with Crippen molar-refractivity contribution in [1.82, 2.24) is 19.8 Å². The Morgan fingerprint density at radius 2 is 2.06 bits per heavy atom. The molecule has 9 nitrogen and oxygen atoms in total. The van der Waals surface area contributed by atoms with Crippen LogP contribution in [-0.2, 0) is 9.53 Å². The average molecular weight is 471 g/mol. The second kappa shape index (κ2) is 8.59. The van der Waals surface area contributed by atoms with Gasteiger partial charge in [-0.3, -0.25) is 4.79 Å². The van der Waals surface area contributed by atoms with Gasteiger partial charge in [-0.15, -0.1) is 0 Å². The third-order valence-corrected chi connectivity index (χ3v) is 6.40. The van der Waals surface area contributed by atoms with E-state index in [0.717, 1.165) is 52.0 Å². The van der Waals surface area contributed by atoms with Crippen molar-refractivity contribution in [1.29, 1.82) is 0 Å². The zero-order chi connectivity index (χ0) is 23.9. The molecule has 1 saturated heterocycles. The van der Waals surface area contributed by atoms with Crippen LogP contribution in [0.5, 0.6) is 0 Å². The molecule has 178 valence electrons. The summed E-state index contributed by atoms with van der Waals surface area (Å²) in [6.45, 7) is 2.77. The van der Waals surface area contributed by atoms with Crippen LogP contribution in [0.15, 0.2) is 58.2 Å². The largest absolute Gasteiger partial charge is 0.432 e. The van der Waals surface area contributed by atoms with Crippen molar-refractivity contribution in [2.24, 2.45) is 4.99 Å². The molecule has 1 amide bonds. The molecule has 1 unspecified atom stereocenters. The number of aliphatic imine (C=N–C) groups is 1. The molecule has 0 spiro atoms. The lowest BCUT2D eigenvalue weighted by atomic mass is 10.1. The molecule has 2 N–H and O–H groups in total. The summed E-state index contributed by atoms with van der Waals surface area (Å²) >= 11 is 0. The van der Waals surface area contributed by atoms with E-state index in [1.165, 1.54) is 4.90 Å². The number of benzene rings is 1. The third-order valence-electron chi connectivity index (χ3n) is 6.40. The SMILES string of the molecule is CN(C)C(=O)/C=C/c1cnc2oc3c(c2c1)NC(c1cccc2[nH]ccc12)N=C3N1CCOCC1. The molecular formula is C26H26N6O3. The summed E-state index contributed by atoms with van der Waals surface area (Å²) in [6.07, 6.45) is 6.67. The minimum atomic E-state index is -0.296. The molecule has 0 aliphatic carbocycles. The molecule has 3 aromatic heterocycles. The maximum Gasteiger partial charge on any atom is 0.246 e. The van der Waals surface area contributed by atoms with Crippen molar-refractivity contribution < 1.29 is 13.9 Å². The molecule has 6 rings (SSSR count). The van der Waals surface area contributed by atoms with Crippen molar-refractivity contribution in [3.05, 3.63) is 65.7 Å². The number of rotatable bonds is 3. The van der Waals surface area contributed by atoms with Crippen molar-refractivity contribution in [2.75, 3.05) is 45.7 Å². The first-order chi connectivity index (χ1) is 17.1. The number of pyridine rings is 1. The summed E-state index contributed by atoms with van der Waals surface area (Å²) in [5.74, 6) is 1.40. The van der Waals surface area contributed by atoms with Crippen LogP contribution in [0.4, 0.5) is 5.69 Å². The number of ether oxygens (including phenoxy) is 1. The van der Waals surface area contributed by atoms with Crippen LogP contribution in [0.25, 0.3) is 28.1 Å². The third kappa shape index (κ3) is 3.83. The van der Waals surface area contributed by atoms with Crippen LogP contribution in [-0.4, -0.2) is 71.9 Å². The molecule has 0 saturated carbocycles. The van der Waals surface area contributed by atoms with E-state index in [-0.39, 0.29) is 12.1 Å². The van der Waals surface area contributed by atoms with Crippen molar-refractivity contribution in [3.63, 3.8) is 0 Å². The molecule has 9 heteroatoms. The number of furan rings is 1. The molecule has 1 fully saturated rings. The van der Waals surface area contributed by atoms with Gasteiger partial charge in [0.2, 0.25) is 11.6 Å². The zero-order valence-corrected chi connectivity index (χ0v) is 19.6. The van der Waals surface area contributed by atoms with Gasteiger partial charge in [0.25, 0.3) is 0 Å². The summed E-state index contributed by atoms with van der Waals surface area (Å²) in [7, 11) is 3.45. The van der Waals surface area contributed by atoms with Gasteiger partial charge in [-0.05, 0) is 29.8 Å². The second-order valence-corrected chi connectivity index (χ2v) is 8.88. The monoisotopic (exact) mass is 470 g/mol. The molecule has 1 atom stereocenters. The normalized spacial score (nSPS) is 18.1. The maximum absolute atomic E-state index is 12.0. The highest BCUT2D eigenvalue weighted by Gasteiger charge is 2.32. The number of hydrogen-bond acceptors (Lipinski definition) is 7. The second-order valence-electron chi connectivity index (χ2n) is 8.88. The van der Waals surface area contributed by atoms with Crippen LogP contribution in [0, 0.1) is 0 Å². The van der Waals surface area contributed by atoms with E-state index in [9.17, 15) is 4.79 Å². The Morgan fingerprint density at radius 3 is 2.89 bits per heavy atom. The summed E-state index contributed by atoms with van der Waals surface area (Å²) in [6, 6.07) is 10.3. The molecule has 2 aliphatic rings. The number of likely N-dealkylation sites (N-methyl/N-ethyl adjacent to an activating group) is 1. The van der Waals surface area contributed by atoms with Gasteiger partial charge < -0.3 is 29.3 Å². The number of morpholine rings is 1. The van der Waals surface area contributed by atoms with E-state index < -0.39 is 0 Å². The summed E-state index contributed by atoms with van der Waals surface area (Å²) in [4.78, 5) is 28.7. The van der Waals surface area contributed by atoms with Crippen LogP contribution in [0.2, 0.25) is 0 Å². The number of nitrogens with zero attached hydrogens (tertiary/aromatic N) is 4. The maximum atomic E-state index is 12.0. The molecular weight excluding hydrogens is 444 g/mol. The van der Waals surface area contributed by atoms with Gasteiger partial charge >= 0.3 is 0 Å². The summed E-state index contributed by atoms with van der Waals surface area (Å²) in [5, 5.41) is 5.58. The highest BCUT2D eigenvalue weighted by molar-refractivity contribution is 6.10. The predicted molar refractivity (Wildman–Crippen MR) is 135 cm³/mol. The number of fused-ring (bicyclic) bond motifs is 4. The van der Waals surface area contributed by atoms with E-state index >= 15 is 0 Å². The lowest BCUT2D eigenvalue weighted by Gasteiger charge is -2.33. The Bertz CT molecular complexity index is 1480. The van der Waals surface area contributed by atoms with E-state index in [1.54, 1.807) is 32.4 Å². The van der Waals surface area contributed by atoms with Crippen LogP contribution in [0.1, 0.15) is 23.1 Å². The van der Waals surface area contributed by atoms with Crippen LogP contribution >= 0.6 is 0 Å². The summed E-state index contributed by atoms with van der Waals surface area (Å²) in [5.41, 5.74) is 4.35. The van der Waals surface area contributed by atoms with E-state index in [1.807, 2.05) is 18.3 Å². The van der Waals surface area contributed by atoms with Gasteiger partial charge in [-0.25, -0.2) is 9.98 Å². The molecule has 4 aromatic rings. The first-order valence-electron chi connectivity index (χ1n) is 11.6. The number of aromatic amines is 1. The smallest absolute Gasteiger partial charge is 0.246 e. The average Bonchev–Trinajstić information content (AvgIpc) is 3.51. The number of carbonyl (C=O) groups is 1. The number of amides is 1. The molecule has 0 radical (unpaired) electrons. The van der Waals surface area contributed by atoms with Crippen molar-refractivity contribution >= 4 is 45.5 Å². The van der Waals surface area contributed by atoms with Gasteiger partial charge in [0.05, 0.1) is 24.3 Å². The Hall–Kier alpha value is -4.11. The van der Waals surface area contributed by atoms with E-state index in [4.69, 9.17) is 14.1 Å². The molecule has 5 heterocycles. The minimum Gasteiger partial charge on any atom is -0.432 e. The first-order valence-corrected chi connectivity index (χ1v) is 11.6. The highest BCUT2D eigenvalue weighted by atomic mass is 16.5. The lowest BCUT2D eigenvalue weighted by molar-refractivity contribution is -0.123. The molecule has 0 bridgehead atoms. The Kier molecular flexibility index (Phi) is 5.26. The topological polar surface area (TPSA) is 99.0 Å². The number of anilines is 1. The fourth-order valence-corrected chi connectivity index (χ4v) is 4.55. The zero-order valence-electron chi connectivity index (χ0n) is 19.6. The number of amidine groups is 1. The van der Waals surface area contributed by atoms with Crippen LogP contribution < -0.4 is 5.32 Å². The number of nitrogens with one attached hydrogen (secondary N) is 2. The minimum absolute atomic E-state index is 0.0844. The van der Waals surface area contributed by atoms with Crippen molar-refractivity contribution in [3.8, 4) is 0 Å². The molecule has 2 aliphatic heterocycles. The molecule has 1 aromatic carbocycles. The standard InChI is InChI=1S/C26H26N6O3/c1-31(2)21(33)7-6-16-14-19-22-23(35-26(19)28-15-16)25(32-10-12-34-13-11-32)30-24(29-22)18-4-3-5-20-17(18)8-9-27-20/h3-9,14-15,24,27,29H,10-13H2,1-2H3/b7-6+. The summed E-state index contributed by atoms with van der Waals surface area (Å²) < 4.78 is 11.8. The van der Waals surface area contributed by atoms with E-state index in [2.05, 4.69) is 38.4 Å². The Balaban J connectivity index is 1.47. The fourth-order valence-electron chi connectivity index (χ4n) is 4.55. The van der Waals surface area contributed by atoms with Gasteiger partial charge in [0, 0.05) is 62.1 Å². The predicted octanol–water partition coefficient (Wildman–Crippen LogP) is 3.61. The van der Waals surface area contributed by atoms with Gasteiger partial charge in [-0.2, -0.15) is 0 Å². The van der Waals surface area contributed by atoms with Gasteiger partial charge in [-0.1, -0.05) is 12.1 Å². The number of aromatic nitrogens is 2. The number of hydrogen-bond donors (Lipinski definition) is 2. The Labute approximate surface area is 202 Å². The van der Waals surface area contributed by atoms with Crippen molar-refractivity contribution in [2.45, 2.75) is 6.17 Å². The number of carbonyl (C=O) groups excluding carboxylic acids is 1. The lowest BCUT2D eigenvalue weighted by Crippen LogP contribution is -2.42. The van der Waals surface area contributed by atoms with Gasteiger partial charge in [0.15, 0.2) is 11.6 Å². The molecule has 35 heavy (non-hydrogen) atoms. The van der Waals surface area contributed by atoms with E-state index in [0.29, 0.717) is 24.7 Å². The highest BCUT2D eigenvalue weighted by Crippen LogP contribution is 2.40. The fraction of sp³-hybridized carbons (Fsp3) is 0.269. The number of H-pyrrole nitrogens is 1.